The number of nitrogens with zero attached hydrogens (tertiary/aromatic N) is 1. The highest BCUT2D eigenvalue weighted by Crippen LogP contribution is 2.20. The van der Waals surface area contributed by atoms with Gasteiger partial charge in [-0.05, 0) is 55.0 Å². The van der Waals surface area contributed by atoms with Gasteiger partial charge in [0.25, 0.3) is 0 Å². The lowest BCUT2D eigenvalue weighted by Gasteiger charge is -2.08. The summed E-state index contributed by atoms with van der Waals surface area (Å²) in [4.78, 5) is 36.4. The molecule has 0 aliphatic heterocycles. The number of ether oxygens (including phenoxy) is 1. The zero-order valence-electron chi connectivity index (χ0n) is 16.5. The molecule has 0 radical (unpaired) electrons. The summed E-state index contributed by atoms with van der Waals surface area (Å²) in [7, 11) is 0. The first-order chi connectivity index (χ1) is 14.9. The van der Waals surface area contributed by atoms with Crippen LogP contribution < -0.4 is 15.5 Å². The number of anilines is 1. The number of halogens is 1. The molecule has 7 nitrogen and oxygen atoms in total. The maximum atomic E-state index is 12.3. The molecule has 0 aromatic heterocycles. The fraction of sp³-hybridized carbons (Fsp3) is 0.0435. The van der Waals surface area contributed by atoms with Crippen molar-refractivity contribution in [1.29, 1.82) is 0 Å². The fourth-order valence-electron chi connectivity index (χ4n) is 2.57. The van der Waals surface area contributed by atoms with Crippen LogP contribution in [0.3, 0.4) is 0 Å². The van der Waals surface area contributed by atoms with Gasteiger partial charge in [0.05, 0.1) is 11.8 Å². The first-order valence-electron chi connectivity index (χ1n) is 9.21. The predicted octanol–water partition coefficient (Wildman–Crippen LogP) is 4.07. The van der Waals surface area contributed by atoms with Crippen molar-refractivity contribution in [3.05, 3.63) is 94.0 Å². The topological polar surface area (TPSA) is 96.9 Å². The number of carbonyl (C=O) groups is 3. The summed E-state index contributed by atoms with van der Waals surface area (Å²) in [6.45, 7) is 1.81. The van der Waals surface area contributed by atoms with Crippen LogP contribution in [0.5, 0.6) is 5.75 Å². The zero-order valence-corrected chi connectivity index (χ0v) is 18.0. The number of rotatable bonds is 5. The van der Waals surface area contributed by atoms with Crippen molar-refractivity contribution < 1.29 is 19.1 Å². The summed E-state index contributed by atoms with van der Waals surface area (Å²) in [5, 5.41) is 6.32. The van der Waals surface area contributed by atoms with Crippen LogP contribution in [0.25, 0.3) is 0 Å². The lowest BCUT2D eigenvalue weighted by molar-refractivity contribution is -0.136. The normalized spacial score (nSPS) is 10.5. The van der Waals surface area contributed by atoms with Crippen LogP contribution in [-0.2, 0) is 9.59 Å². The third-order valence-corrected chi connectivity index (χ3v) is 4.64. The molecule has 3 rings (SSSR count). The van der Waals surface area contributed by atoms with Crippen LogP contribution in [0.2, 0.25) is 0 Å². The second-order valence-corrected chi connectivity index (χ2v) is 7.32. The first-order valence-corrected chi connectivity index (χ1v) is 10.00. The first kappa shape index (κ1) is 21.9. The molecule has 0 aliphatic carbocycles. The molecule has 0 atom stereocenters. The highest BCUT2D eigenvalue weighted by molar-refractivity contribution is 9.10. The quantitative estimate of drug-likeness (QED) is 0.189. The molecule has 2 N–H and O–H groups in total. The number of hydrazone groups is 1. The van der Waals surface area contributed by atoms with Crippen molar-refractivity contribution in [2.45, 2.75) is 6.92 Å². The summed E-state index contributed by atoms with van der Waals surface area (Å²) >= 11 is 3.34. The molecule has 2 amide bonds. The average molecular weight is 480 g/mol. The monoisotopic (exact) mass is 479 g/mol. The van der Waals surface area contributed by atoms with Crippen LogP contribution in [0.1, 0.15) is 21.5 Å². The van der Waals surface area contributed by atoms with Gasteiger partial charge in [0, 0.05) is 15.7 Å². The Bertz CT molecular complexity index is 1150. The Balaban J connectivity index is 1.62. The number of nitrogens with one attached hydrogen (secondary N) is 2. The van der Waals surface area contributed by atoms with E-state index in [0.29, 0.717) is 16.8 Å². The van der Waals surface area contributed by atoms with E-state index in [2.05, 4.69) is 31.8 Å². The van der Waals surface area contributed by atoms with Gasteiger partial charge in [0.2, 0.25) is 0 Å². The number of amides is 2. The Kier molecular flexibility index (Phi) is 7.29. The minimum absolute atomic E-state index is 0.268. The summed E-state index contributed by atoms with van der Waals surface area (Å²) in [5.41, 5.74) is 4.34. The molecular weight excluding hydrogens is 462 g/mol. The molecule has 8 heteroatoms. The van der Waals surface area contributed by atoms with Crippen molar-refractivity contribution in [3.8, 4) is 5.75 Å². The van der Waals surface area contributed by atoms with E-state index in [1.165, 1.54) is 6.21 Å². The highest BCUT2D eigenvalue weighted by atomic mass is 79.9. The Morgan fingerprint density at radius 2 is 1.65 bits per heavy atom. The summed E-state index contributed by atoms with van der Waals surface area (Å²) in [6, 6.07) is 20.5. The zero-order chi connectivity index (χ0) is 22.2. The second kappa shape index (κ2) is 10.3. The van der Waals surface area contributed by atoms with Crippen molar-refractivity contribution in [1.82, 2.24) is 5.43 Å². The van der Waals surface area contributed by atoms with Gasteiger partial charge in [0.1, 0.15) is 5.75 Å². The number of benzene rings is 3. The third kappa shape index (κ3) is 6.10. The molecule has 3 aromatic rings. The lowest BCUT2D eigenvalue weighted by atomic mass is 10.2. The summed E-state index contributed by atoms with van der Waals surface area (Å²) < 4.78 is 6.28. The van der Waals surface area contributed by atoms with Crippen molar-refractivity contribution in [2.24, 2.45) is 5.10 Å². The SMILES string of the molecule is Cc1cc(Br)ccc1NC(=O)C(=O)NN=Cc1ccccc1OC(=O)c1ccccc1. The number of para-hydroxylation sites is 1. The van der Waals surface area contributed by atoms with Gasteiger partial charge in [0.15, 0.2) is 0 Å². The van der Waals surface area contributed by atoms with Crippen molar-refractivity contribution in [3.63, 3.8) is 0 Å². The Labute approximate surface area is 187 Å². The molecule has 0 bridgehead atoms. The maximum Gasteiger partial charge on any atom is 0.343 e. The van der Waals surface area contributed by atoms with Gasteiger partial charge in [-0.25, -0.2) is 10.2 Å². The number of aryl methyl sites for hydroxylation is 1. The van der Waals surface area contributed by atoms with Crippen LogP contribution >= 0.6 is 15.9 Å². The third-order valence-electron chi connectivity index (χ3n) is 4.14. The summed E-state index contributed by atoms with van der Waals surface area (Å²) in [5.74, 6) is -2.04. The fourth-order valence-corrected chi connectivity index (χ4v) is 3.05. The molecule has 0 fully saturated rings. The molecule has 0 saturated carbocycles. The van der Waals surface area contributed by atoms with Gasteiger partial charge in [-0.1, -0.05) is 46.3 Å². The van der Waals surface area contributed by atoms with Gasteiger partial charge < -0.3 is 10.1 Å². The molecule has 0 aliphatic rings. The Morgan fingerprint density at radius 3 is 2.39 bits per heavy atom. The molecule has 0 spiro atoms. The van der Waals surface area contributed by atoms with E-state index in [-0.39, 0.29) is 5.75 Å². The smallest absolute Gasteiger partial charge is 0.343 e. The van der Waals surface area contributed by atoms with E-state index in [1.807, 2.05) is 13.0 Å². The van der Waals surface area contributed by atoms with Crippen LogP contribution in [0.4, 0.5) is 5.69 Å². The van der Waals surface area contributed by atoms with E-state index in [0.717, 1.165) is 10.0 Å². The molecule has 156 valence electrons. The van der Waals surface area contributed by atoms with Crippen molar-refractivity contribution >= 4 is 45.6 Å². The van der Waals surface area contributed by atoms with Gasteiger partial charge >= 0.3 is 17.8 Å². The molecule has 0 saturated heterocycles. The Morgan fingerprint density at radius 1 is 0.935 bits per heavy atom. The molecular formula is C23H18BrN3O4. The average Bonchev–Trinajstić information content (AvgIpc) is 2.77. The molecule has 31 heavy (non-hydrogen) atoms. The van der Waals surface area contributed by atoms with E-state index < -0.39 is 17.8 Å². The van der Waals surface area contributed by atoms with E-state index in [9.17, 15) is 14.4 Å². The van der Waals surface area contributed by atoms with Gasteiger partial charge in [-0.2, -0.15) is 5.10 Å². The maximum absolute atomic E-state index is 12.3. The molecule has 0 heterocycles. The minimum atomic E-state index is -0.933. The van der Waals surface area contributed by atoms with E-state index >= 15 is 0 Å². The largest absolute Gasteiger partial charge is 0.422 e. The molecule has 0 unspecified atom stereocenters. The van der Waals surface area contributed by atoms with Gasteiger partial charge in [-0.15, -0.1) is 0 Å². The Hall–Kier alpha value is -3.78. The van der Waals surface area contributed by atoms with E-state index in [4.69, 9.17) is 4.74 Å². The number of carbonyl (C=O) groups excluding carboxylic acids is 3. The molecule has 3 aromatic carbocycles. The van der Waals surface area contributed by atoms with Crippen LogP contribution in [0.15, 0.2) is 82.4 Å². The van der Waals surface area contributed by atoms with Crippen molar-refractivity contribution in [2.75, 3.05) is 5.32 Å². The summed E-state index contributed by atoms with van der Waals surface area (Å²) in [6.07, 6.45) is 1.30. The predicted molar refractivity (Wildman–Crippen MR) is 121 cm³/mol. The highest BCUT2D eigenvalue weighted by Gasteiger charge is 2.14. The van der Waals surface area contributed by atoms with E-state index in [1.54, 1.807) is 66.7 Å². The minimum Gasteiger partial charge on any atom is -0.422 e. The van der Waals surface area contributed by atoms with Crippen LogP contribution in [0, 0.1) is 6.92 Å². The van der Waals surface area contributed by atoms with Crippen LogP contribution in [-0.4, -0.2) is 24.0 Å². The second-order valence-electron chi connectivity index (χ2n) is 6.41. The number of esters is 1. The lowest BCUT2D eigenvalue weighted by Crippen LogP contribution is -2.32. The number of hydrogen-bond acceptors (Lipinski definition) is 5. The number of hydrogen-bond donors (Lipinski definition) is 2. The van der Waals surface area contributed by atoms with Gasteiger partial charge in [-0.3, -0.25) is 9.59 Å². The standard InChI is InChI=1S/C23H18BrN3O4/c1-15-13-18(24)11-12-19(15)26-21(28)22(29)27-25-14-17-9-5-6-10-20(17)31-23(30)16-7-3-2-4-8-16/h2-14H,1H3,(H,26,28)(H,27,29).